The number of aliphatic carboxylic acids is 1. The minimum Gasteiger partial charge on any atom is -0.481 e. The van der Waals surface area contributed by atoms with Crippen LogP contribution in [0.5, 0.6) is 0 Å². The summed E-state index contributed by atoms with van der Waals surface area (Å²) in [4.78, 5) is 24.4. The van der Waals surface area contributed by atoms with Crippen molar-refractivity contribution in [3.63, 3.8) is 0 Å². The molecule has 4 heteroatoms. The topological polar surface area (TPSA) is 57.6 Å². The van der Waals surface area contributed by atoms with E-state index < -0.39 is 11.9 Å². The van der Waals surface area contributed by atoms with Gasteiger partial charge in [-0.25, -0.2) is 0 Å². The third-order valence-corrected chi connectivity index (χ3v) is 3.10. The number of carbonyl (C=O) groups excluding carboxylic acids is 1. The fourth-order valence-corrected chi connectivity index (χ4v) is 1.73. The number of hydrogen-bond acceptors (Lipinski definition) is 2. The highest BCUT2D eigenvalue weighted by molar-refractivity contribution is 5.92. The van der Waals surface area contributed by atoms with Gasteiger partial charge in [0.15, 0.2) is 0 Å². The molecule has 1 aromatic rings. The van der Waals surface area contributed by atoms with E-state index in [9.17, 15) is 9.59 Å². The standard InChI is InChI=1S/C16H21NO3/c1-4-17(11-13(3)16(19)20)15(18)10-9-14-7-5-12(2)6-8-14/h5-10,13H,4,11H2,1-3H3,(H,19,20)/b10-9+. The highest BCUT2D eigenvalue weighted by Crippen LogP contribution is 2.07. The summed E-state index contributed by atoms with van der Waals surface area (Å²) in [5, 5.41) is 8.89. The van der Waals surface area contributed by atoms with Gasteiger partial charge in [0.05, 0.1) is 5.92 Å². The van der Waals surface area contributed by atoms with E-state index in [0.717, 1.165) is 5.56 Å². The minimum atomic E-state index is -0.890. The Kier molecular flexibility index (Phi) is 5.97. The molecule has 0 heterocycles. The van der Waals surface area contributed by atoms with Crippen molar-refractivity contribution in [2.24, 2.45) is 5.92 Å². The molecular formula is C16H21NO3. The van der Waals surface area contributed by atoms with Crippen LogP contribution >= 0.6 is 0 Å². The first-order valence-corrected chi connectivity index (χ1v) is 6.70. The van der Waals surface area contributed by atoms with E-state index >= 15 is 0 Å². The molecule has 0 fully saturated rings. The lowest BCUT2D eigenvalue weighted by molar-refractivity contribution is -0.142. The average Bonchev–Trinajstić information content (AvgIpc) is 2.43. The number of hydrogen-bond donors (Lipinski definition) is 1. The van der Waals surface area contributed by atoms with E-state index in [-0.39, 0.29) is 12.5 Å². The first-order valence-electron chi connectivity index (χ1n) is 6.70. The van der Waals surface area contributed by atoms with Gasteiger partial charge in [-0.3, -0.25) is 9.59 Å². The van der Waals surface area contributed by atoms with Crippen LogP contribution in [0.4, 0.5) is 0 Å². The van der Waals surface area contributed by atoms with Crippen molar-refractivity contribution in [3.05, 3.63) is 41.5 Å². The molecule has 0 aliphatic carbocycles. The van der Waals surface area contributed by atoms with Crippen molar-refractivity contribution in [1.29, 1.82) is 0 Å². The van der Waals surface area contributed by atoms with Crippen LogP contribution in [0.25, 0.3) is 6.08 Å². The molecule has 0 aliphatic heterocycles. The van der Waals surface area contributed by atoms with Crippen LogP contribution in [0.2, 0.25) is 0 Å². The van der Waals surface area contributed by atoms with Crippen molar-refractivity contribution in [3.8, 4) is 0 Å². The summed E-state index contributed by atoms with van der Waals surface area (Å²) >= 11 is 0. The quantitative estimate of drug-likeness (QED) is 0.812. The van der Waals surface area contributed by atoms with Gasteiger partial charge in [0.25, 0.3) is 0 Å². The Morgan fingerprint density at radius 1 is 1.30 bits per heavy atom. The molecule has 1 rings (SSSR count). The van der Waals surface area contributed by atoms with Crippen LogP contribution in [0, 0.1) is 12.8 Å². The monoisotopic (exact) mass is 275 g/mol. The first-order chi connectivity index (χ1) is 9.43. The second kappa shape index (κ2) is 7.48. The second-order valence-electron chi connectivity index (χ2n) is 4.86. The van der Waals surface area contributed by atoms with Gasteiger partial charge < -0.3 is 10.0 Å². The van der Waals surface area contributed by atoms with E-state index in [1.165, 1.54) is 16.5 Å². The van der Waals surface area contributed by atoms with Crippen LogP contribution in [0.3, 0.4) is 0 Å². The van der Waals surface area contributed by atoms with E-state index in [4.69, 9.17) is 5.11 Å². The molecule has 108 valence electrons. The number of likely N-dealkylation sites (N-methyl/N-ethyl adjacent to an activating group) is 1. The molecular weight excluding hydrogens is 254 g/mol. The van der Waals surface area contributed by atoms with Crippen molar-refractivity contribution in [2.75, 3.05) is 13.1 Å². The number of nitrogens with zero attached hydrogens (tertiary/aromatic N) is 1. The summed E-state index contributed by atoms with van der Waals surface area (Å²) in [5.41, 5.74) is 2.12. The summed E-state index contributed by atoms with van der Waals surface area (Å²) in [5.74, 6) is -1.62. The van der Waals surface area contributed by atoms with Crippen molar-refractivity contribution >= 4 is 18.0 Å². The zero-order chi connectivity index (χ0) is 15.1. The number of amides is 1. The highest BCUT2D eigenvalue weighted by Gasteiger charge is 2.17. The van der Waals surface area contributed by atoms with Crippen LogP contribution in [-0.4, -0.2) is 35.0 Å². The SMILES string of the molecule is CCN(CC(C)C(=O)O)C(=O)/C=C/c1ccc(C)cc1. The van der Waals surface area contributed by atoms with Crippen LogP contribution in [0.1, 0.15) is 25.0 Å². The molecule has 0 spiro atoms. The zero-order valence-electron chi connectivity index (χ0n) is 12.2. The average molecular weight is 275 g/mol. The summed E-state index contributed by atoms with van der Waals surface area (Å²) < 4.78 is 0. The Labute approximate surface area is 119 Å². The van der Waals surface area contributed by atoms with Crippen LogP contribution in [-0.2, 0) is 9.59 Å². The Bertz CT molecular complexity index is 491. The van der Waals surface area contributed by atoms with Crippen molar-refractivity contribution in [2.45, 2.75) is 20.8 Å². The maximum absolute atomic E-state index is 12.0. The molecule has 1 amide bonds. The Morgan fingerprint density at radius 2 is 1.90 bits per heavy atom. The Morgan fingerprint density at radius 3 is 2.40 bits per heavy atom. The lowest BCUT2D eigenvalue weighted by Gasteiger charge is -2.21. The number of benzene rings is 1. The van der Waals surface area contributed by atoms with Crippen LogP contribution < -0.4 is 0 Å². The number of carboxylic acids is 1. The number of carbonyl (C=O) groups is 2. The Hall–Kier alpha value is -2.10. The van der Waals surface area contributed by atoms with E-state index in [1.807, 2.05) is 38.1 Å². The molecule has 0 aliphatic rings. The van der Waals surface area contributed by atoms with Gasteiger partial charge in [0, 0.05) is 19.2 Å². The lowest BCUT2D eigenvalue weighted by atomic mass is 10.1. The molecule has 1 N–H and O–H groups in total. The molecule has 1 atom stereocenters. The largest absolute Gasteiger partial charge is 0.481 e. The minimum absolute atomic E-state index is 0.166. The zero-order valence-corrected chi connectivity index (χ0v) is 12.2. The third-order valence-electron chi connectivity index (χ3n) is 3.10. The van der Waals surface area contributed by atoms with Gasteiger partial charge in [0.1, 0.15) is 0 Å². The van der Waals surface area contributed by atoms with Crippen molar-refractivity contribution < 1.29 is 14.7 Å². The molecule has 0 radical (unpaired) electrons. The normalized spacial score (nSPS) is 12.3. The number of aryl methyl sites for hydroxylation is 1. The number of carboxylic acid groups (broad SMARTS) is 1. The van der Waals surface area contributed by atoms with E-state index in [1.54, 1.807) is 13.0 Å². The molecule has 0 saturated carbocycles. The van der Waals surface area contributed by atoms with Gasteiger partial charge in [-0.2, -0.15) is 0 Å². The smallest absolute Gasteiger partial charge is 0.308 e. The van der Waals surface area contributed by atoms with Gasteiger partial charge in [0.2, 0.25) is 5.91 Å². The molecule has 20 heavy (non-hydrogen) atoms. The third kappa shape index (κ3) is 4.88. The van der Waals surface area contributed by atoms with Crippen molar-refractivity contribution in [1.82, 2.24) is 4.90 Å². The molecule has 1 unspecified atom stereocenters. The molecule has 0 saturated heterocycles. The summed E-state index contributed by atoms with van der Waals surface area (Å²) in [7, 11) is 0. The van der Waals surface area contributed by atoms with Gasteiger partial charge in [-0.05, 0) is 25.5 Å². The van der Waals surface area contributed by atoms with Gasteiger partial charge in [-0.15, -0.1) is 0 Å². The maximum Gasteiger partial charge on any atom is 0.308 e. The summed E-state index contributed by atoms with van der Waals surface area (Å²) in [6, 6.07) is 7.84. The second-order valence-corrected chi connectivity index (χ2v) is 4.86. The predicted octanol–water partition coefficient (Wildman–Crippen LogP) is 2.58. The molecule has 4 nitrogen and oxygen atoms in total. The van der Waals surface area contributed by atoms with E-state index in [0.29, 0.717) is 6.54 Å². The van der Waals surface area contributed by atoms with Crippen LogP contribution in [0.15, 0.2) is 30.3 Å². The lowest BCUT2D eigenvalue weighted by Crippen LogP contribution is -2.35. The molecule has 1 aromatic carbocycles. The fraction of sp³-hybridized carbons (Fsp3) is 0.375. The van der Waals surface area contributed by atoms with Gasteiger partial charge in [-0.1, -0.05) is 36.8 Å². The summed E-state index contributed by atoms with van der Waals surface area (Å²) in [6.45, 7) is 6.16. The summed E-state index contributed by atoms with van der Waals surface area (Å²) in [6.07, 6.45) is 3.23. The highest BCUT2D eigenvalue weighted by atomic mass is 16.4. The predicted molar refractivity (Wildman–Crippen MR) is 79.3 cm³/mol. The fourth-order valence-electron chi connectivity index (χ4n) is 1.73. The molecule has 0 bridgehead atoms. The molecule has 0 aromatic heterocycles. The Balaban J connectivity index is 2.67. The van der Waals surface area contributed by atoms with E-state index in [2.05, 4.69) is 0 Å². The number of rotatable bonds is 6. The first kappa shape index (κ1) is 16.0. The van der Waals surface area contributed by atoms with Gasteiger partial charge >= 0.3 is 5.97 Å². The maximum atomic E-state index is 12.0.